The van der Waals surface area contributed by atoms with Crippen LogP contribution in [0.25, 0.3) is 0 Å². The molecule has 1 rings (SSSR count). The number of aliphatic carboxylic acids is 1. The van der Waals surface area contributed by atoms with Crippen molar-refractivity contribution in [3.63, 3.8) is 0 Å². The summed E-state index contributed by atoms with van der Waals surface area (Å²) >= 11 is 0. The Hall–Kier alpha value is -2.09. The average molecular weight is 270 g/mol. The fraction of sp³-hybridized carbons (Fsp3) is 0.545. The van der Waals surface area contributed by atoms with Crippen LogP contribution in [-0.2, 0) is 23.1 Å². The molecule has 0 atom stereocenters. The number of aryl methyl sites for hydroxylation is 1. The second-order valence-corrected chi connectivity index (χ2v) is 3.93. The summed E-state index contributed by atoms with van der Waals surface area (Å²) in [6, 6.07) is -0.331. The monoisotopic (exact) mass is 270 g/mol. The molecule has 0 aliphatic heterocycles. The minimum atomic E-state index is -1.03. The van der Waals surface area contributed by atoms with E-state index in [-0.39, 0.29) is 25.8 Å². The molecule has 0 fully saturated rings. The van der Waals surface area contributed by atoms with Gasteiger partial charge in [-0.15, -0.1) is 0 Å². The van der Waals surface area contributed by atoms with Crippen LogP contribution in [0, 0.1) is 6.92 Å². The van der Waals surface area contributed by atoms with Gasteiger partial charge >= 0.3 is 12.0 Å². The van der Waals surface area contributed by atoms with Crippen LogP contribution in [0.2, 0.25) is 0 Å². The first-order valence-corrected chi connectivity index (χ1v) is 5.79. The van der Waals surface area contributed by atoms with Crippen molar-refractivity contribution in [2.24, 2.45) is 7.05 Å². The Balaban J connectivity index is 2.14. The lowest BCUT2D eigenvalue weighted by Gasteiger charge is -2.07. The zero-order chi connectivity index (χ0) is 14.3. The number of carboxylic acids is 1. The number of nitrogens with zero attached hydrogens (tertiary/aromatic N) is 2. The highest BCUT2D eigenvalue weighted by Gasteiger charge is 2.05. The van der Waals surface area contributed by atoms with E-state index >= 15 is 0 Å². The number of rotatable bonds is 7. The molecule has 0 bridgehead atoms. The summed E-state index contributed by atoms with van der Waals surface area (Å²) in [5, 5.41) is 17.6. The third-order valence-electron chi connectivity index (χ3n) is 2.53. The van der Waals surface area contributed by atoms with Crippen molar-refractivity contribution >= 4 is 12.0 Å². The van der Waals surface area contributed by atoms with E-state index in [2.05, 4.69) is 15.7 Å². The molecule has 0 unspecified atom stereocenters. The van der Waals surface area contributed by atoms with Gasteiger partial charge in [0, 0.05) is 31.4 Å². The molecule has 0 saturated carbocycles. The predicted molar refractivity (Wildman–Crippen MR) is 66.6 cm³/mol. The summed E-state index contributed by atoms with van der Waals surface area (Å²) in [4.78, 5) is 21.6. The predicted octanol–water partition coefficient (Wildman–Crippen LogP) is -0.371. The summed E-state index contributed by atoms with van der Waals surface area (Å²) in [6.07, 6.45) is 1.70. The summed E-state index contributed by atoms with van der Waals surface area (Å²) in [7, 11) is 1.83. The van der Waals surface area contributed by atoms with Gasteiger partial charge in [0.15, 0.2) is 0 Å². The number of hydrogen-bond donors (Lipinski definition) is 3. The second kappa shape index (κ2) is 7.37. The van der Waals surface area contributed by atoms with Crippen molar-refractivity contribution in [2.45, 2.75) is 13.5 Å². The Morgan fingerprint density at radius 3 is 2.79 bits per heavy atom. The van der Waals surface area contributed by atoms with Crippen molar-refractivity contribution in [3.05, 3.63) is 17.5 Å². The topological polar surface area (TPSA) is 105 Å². The number of aromatic nitrogens is 2. The molecular weight excluding hydrogens is 252 g/mol. The van der Waals surface area contributed by atoms with E-state index in [0.717, 1.165) is 11.3 Å². The smallest absolute Gasteiger partial charge is 0.329 e. The first-order valence-electron chi connectivity index (χ1n) is 5.79. The van der Waals surface area contributed by atoms with Crippen LogP contribution < -0.4 is 10.6 Å². The lowest BCUT2D eigenvalue weighted by Crippen LogP contribution is -2.37. The standard InChI is InChI=1S/C11H18N4O4/c1-8-9(6-14-15(8)2)5-13-11(18)12-3-4-19-7-10(16)17/h6H,3-5,7H2,1-2H3,(H,16,17)(H2,12,13,18). The molecular formula is C11H18N4O4. The quantitative estimate of drug-likeness (QED) is 0.586. The molecule has 1 aromatic heterocycles. The SMILES string of the molecule is Cc1c(CNC(=O)NCCOCC(=O)O)cnn1C. The Morgan fingerprint density at radius 1 is 1.47 bits per heavy atom. The van der Waals surface area contributed by atoms with E-state index in [4.69, 9.17) is 9.84 Å². The van der Waals surface area contributed by atoms with E-state index in [1.165, 1.54) is 0 Å². The average Bonchev–Trinajstić information content (AvgIpc) is 2.67. The second-order valence-electron chi connectivity index (χ2n) is 3.93. The Bertz CT molecular complexity index is 444. The van der Waals surface area contributed by atoms with Gasteiger partial charge in [-0.05, 0) is 6.92 Å². The molecule has 8 nitrogen and oxygen atoms in total. The normalized spacial score (nSPS) is 10.2. The highest BCUT2D eigenvalue weighted by molar-refractivity contribution is 5.73. The van der Waals surface area contributed by atoms with Crippen LogP contribution >= 0.6 is 0 Å². The van der Waals surface area contributed by atoms with E-state index in [0.29, 0.717) is 6.54 Å². The Kier molecular flexibility index (Phi) is 5.80. The van der Waals surface area contributed by atoms with Crippen molar-refractivity contribution in [2.75, 3.05) is 19.8 Å². The zero-order valence-corrected chi connectivity index (χ0v) is 11.0. The van der Waals surface area contributed by atoms with Gasteiger partial charge in [0.2, 0.25) is 0 Å². The molecule has 1 heterocycles. The van der Waals surface area contributed by atoms with Gasteiger partial charge in [0.25, 0.3) is 0 Å². The molecule has 0 aliphatic rings. The van der Waals surface area contributed by atoms with E-state index in [1.54, 1.807) is 10.9 Å². The Morgan fingerprint density at radius 2 is 2.21 bits per heavy atom. The molecule has 0 aliphatic carbocycles. The molecule has 19 heavy (non-hydrogen) atoms. The third-order valence-corrected chi connectivity index (χ3v) is 2.53. The fourth-order valence-electron chi connectivity index (χ4n) is 1.35. The minimum absolute atomic E-state index is 0.158. The molecule has 106 valence electrons. The highest BCUT2D eigenvalue weighted by Crippen LogP contribution is 2.04. The molecule has 0 aromatic carbocycles. The van der Waals surface area contributed by atoms with Gasteiger partial charge in [-0.1, -0.05) is 0 Å². The number of carbonyl (C=O) groups is 2. The highest BCUT2D eigenvalue weighted by atomic mass is 16.5. The van der Waals surface area contributed by atoms with Crippen molar-refractivity contribution in [1.29, 1.82) is 0 Å². The van der Waals surface area contributed by atoms with Crippen LogP contribution in [0.1, 0.15) is 11.3 Å². The number of carbonyl (C=O) groups excluding carboxylic acids is 1. The third kappa shape index (κ3) is 5.38. The summed E-state index contributed by atoms with van der Waals surface area (Å²) < 4.78 is 6.51. The van der Waals surface area contributed by atoms with Gasteiger partial charge < -0.3 is 20.5 Å². The van der Waals surface area contributed by atoms with Crippen LogP contribution in [0.4, 0.5) is 4.79 Å². The van der Waals surface area contributed by atoms with Crippen LogP contribution in [0.15, 0.2) is 6.20 Å². The van der Waals surface area contributed by atoms with E-state index < -0.39 is 5.97 Å². The number of hydrogen-bond acceptors (Lipinski definition) is 4. The van der Waals surface area contributed by atoms with Crippen molar-refractivity contribution in [3.8, 4) is 0 Å². The first-order chi connectivity index (χ1) is 9.00. The largest absolute Gasteiger partial charge is 0.480 e. The van der Waals surface area contributed by atoms with E-state index in [9.17, 15) is 9.59 Å². The lowest BCUT2D eigenvalue weighted by atomic mass is 10.2. The molecule has 8 heteroatoms. The van der Waals surface area contributed by atoms with Crippen LogP contribution in [0.5, 0.6) is 0 Å². The summed E-state index contributed by atoms with van der Waals surface area (Å²) in [5.41, 5.74) is 1.94. The van der Waals surface area contributed by atoms with Crippen molar-refractivity contribution < 1.29 is 19.4 Å². The van der Waals surface area contributed by atoms with Crippen LogP contribution in [0.3, 0.4) is 0 Å². The number of carboxylic acid groups (broad SMARTS) is 1. The van der Waals surface area contributed by atoms with E-state index in [1.807, 2.05) is 14.0 Å². The van der Waals surface area contributed by atoms with Gasteiger partial charge in [-0.2, -0.15) is 5.10 Å². The van der Waals surface area contributed by atoms with Crippen molar-refractivity contribution in [1.82, 2.24) is 20.4 Å². The minimum Gasteiger partial charge on any atom is -0.480 e. The maximum Gasteiger partial charge on any atom is 0.329 e. The molecule has 3 N–H and O–H groups in total. The Labute approximate surface area is 110 Å². The number of nitrogens with one attached hydrogen (secondary N) is 2. The summed E-state index contributed by atoms with van der Waals surface area (Å²) in [5.74, 6) is -1.03. The molecule has 0 spiro atoms. The molecule has 1 aromatic rings. The molecule has 0 saturated heterocycles. The molecule has 2 amide bonds. The van der Waals surface area contributed by atoms with Gasteiger partial charge in [-0.3, -0.25) is 4.68 Å². The maximum atomic E-state index is 11.4. The summed E-state index contributed by atoms with van der Waals surface area (Å²) in [6.45, 7) is 2.36. The number of ether oxygens (including phenoxy) is 1. The van der Waals surface area contributed by atoms with Gasteiger partial charge in [0.1, 0.15) is 6.61 Å². The maximum absolute atomic E-state index is 11.4. The lowest BCUT2D eigenvalue weighted by molar-refractivity contribution is -0.142. The van der Waals surface area contributed by atoms with Gasteiger partial charge in [0.05, 0.1) is 12.8 Å². The van der Waals surface area contributed by atoms with Crippen LogP contribution in [-0.4, -0.2) is 46.6 Å². The molecule has 0 radical (unpaired) electrons. The van der Waals surface area contributed by atoms with Gasteiger partial charge in [-0.25, -0.2) is 9.59 Å². The number of urea groups is 1. The number of amides is 2. The zero-order valence-electron chi connectivity index (χ0n) is 11.0. The fourth-order valence-corrected chi connectivity index (χ4v) is 1.35. The first kappa shape index (κ1) is 15.0.